The fourth-order valence-corrected chi connectivity index (χ4v) is 4.10. The Morgan fingerprint density at radius 2 is 1.77 bits per heavy atom. The molecule has 2 aromatic heterocycles. The van der Waals surface area contributed by atoms with Gasteiger partial charge in [-0.25, -0.2) is 4.68 Å². The topological polar surface area (TPSA) is 81.7 Å². The summed E-state index contributed by atoms with van der Waals surface area (Å²) in [5.74, 6) is -0.113. The zero-order valence-corrected chi connectivity index (χ0v) is 19.7. The summed E-state index contributed by atoms with van der Waals surface area (Å²) >= 11 is 6.37. The van der Waals surface area contributed by atoms with Gasteiger partial charge in [-0.15, -0.1) is 5.10 Å². The Morgan fingerprint density at radius 3 is 2.54 bits per heavy atom. The lowest BCUT2D eigenvalue weighted by Gasteiger charge is -2.17. The molecule has 0 fully saturated rings. The molecule has 0 radical (unpaired) electrons. The first-order valence-electron chi connectivity index (χ1n) is 11.0. The highest BCUT2D eigenvalue weighted by Gasteiger charge is 2.18. The minimum atomic E-state index is -0.113. The molecule has 9 heteroatoms. The number of amides is 1. The molecular formula is C26H22ClN7O. The quantitative estimate of drug-likeness (QED) is 0.340. The molecule has 0 spiro atoms. The third-order valence-electron chi connectivity index (χ3n) is 5.64. The van der Waals surface area contributed by atoms with E-state index in [9.17, 15) is 4.79 Å². The molecule has 0 saturated heterocycles. The maximum atomic E-state index is 13.3. The van der Waals surface area contributed by atoms with Crippen molar-refractivity contribution in [2.45, 2.75) is 13.1 Å². The lowest BCUT2D eigenvalue weighted by atomic mass is 10.1. The summed E-state index contributed by atoms with van der Waals surface area (Å²) < 4.78 is 3.39. The van der Waals surface area contributed by atoms with Crippen LogP contribution in [0.2, 0.25) is 5.02 Å². The van der Waals surface area contributed by atoms with Gasteiger partial charge in [-0.3, -0.25) is 9.48 Å². The normalized spacial score (nSPS) is 10.9. The Morgan fingerprint density at radius 1 is 0.971 bits per heavy atom. The highest BCUT2D eigenvalue weighted by molar-refractivity contribution is 6.31. The number of hydrogen-bond donors (Lipinski definition) is 0. The Kier molecular flexibility index (Phi) is 6.36. The van der Waals surface area contributed by atoms with Crippen LogP contribution in [-0.4, -0.2) is 47.8 Å². The molecule has 0 unspecified atom stereocenters. The molecule has 0 aliphatic rings. The number of halogens is 1. The van der Waals surface area contributed by atoms with E-state index in [1.807, 2.05) is 77.6 Å². The number of aromatic nitrogens is 6. The van der Waals surface area contributed by atoms with Crippen molar-refractivity contribution in [1.29, 1.82) is 0 Å². The number of carbonyl (C=O) groups is 1. The molecule has 0 aliphatic carbocycles. The van der Waals surface area contributed by atoms with Gasteiger partial charge in [-0.05, 0) is 40.3 Å². The number of benzene rings is 3. The van der Waals surface area contributed by atoms with E-state index in [0.29, 0.717) is 29.4 Å². The number of hydrogen-bond acceptors (Lipinski definition) is 5. The van der Waals surface area contributed by atoms with Crippen molar-refractivity contribution in [1.82, 2.24) is 34.9 Å². The Hall–Kier alpha value is -4.30. The maximum Gasteiger partial charge on any atom is 0.253 e. The summed E-state index contributed by atoms with van der Waals surface area (Å²) in [6.07, 6.45) is 3.47. The minimum Gasteiger partial charge on any atom is -0.337 e. The average Bonchev–Trinajstić information content (AvgIpc) is 3.56. The van der Waals surface area contributed by atoms with Gasteiger partial charge in [0.1, 0.15) is 6.33 Å². The fraction of sp³-hybridized carbons (Fsp3) is 0.115. The lowest BCUT2D eigenvalue weighted by molar-refractivity contribution is 0.0785. The van der Waals surface area contributed by atoms with Crippen LogP contribution in [0, 0.1) is 0 Å². The third-order valence-corrected chi connectivity index (χ3v) is 6.00. The van der Waals surface area contributed by atoms with Gasteiger partial charge in [-0.1, -0.05) is 66.2 Å². The van der Waals surface area contributed by atoms with E-state index in [-0.39, 0.29) is 5.91 Å². The molecule has 8 nitrogen and oxygen atoms in total. The smallest absolute Gasteiger partial charge is 0.253 e. The van der Waals surface area contributed by atoms with Crippen molar-refractivity contribution in [3.63, 3.8) is 0 Å². The van der Waals surface area contributed by atoms with E-state index in [1.54, 1.807) is 24.1 Å². The van der Waals surface area contributed by atoms with Crippen LogP contribution in [0.5, 0.6) is 0 Å². The van der Waals surface area contributed by atoms with Crippen LogP contribution in [0.15, 0.2) is 91.4 Å². The highest BCUT2D eigenvalue weighted by atomic mass is 35.5. The van der Waals surface area contributed by atoms with E-state index in [4.69, 9.17) is 16.7 Å². The van der Waals surface area contributed by atoms with Gasteiger partial charge in [0, 0.05) is 41.5 Å². The van der Waals surface area contributed by atoms with Gasteiger partial charge >= 0.3 is 0 Å². The number of carbonyl (C=O) groups excluding carboxylic acids is 1. The van der Waals surface area contributed by atoms with Crippen molar-refractivity contribution < 1.29 is 4.79 Å². The van der Waals surface area contributed by atoms with E-state index in [2.05, 4.69) is 15.5 Å². The van der Waals surface area contributed by atoms with E-state index >= 15 is 0 Å². The van der Waals surface area contributed by atoms with E-state index in [0.717, 1.165) is 22.4 Å². The molecule has 35 heavy (non-hydrogen) atoms. The second kappa shape index (κ2) is 9.90. The maximum absolute atomic E-state index is 13.3. The molecule has 174 valence electrons. The summed E-state index contributed by atoms with van der Waals surface area (Å²) in [7, 11) is 1.78. The monoisotopic (exact) mass is 483 g/mol. The van der Waals surface area contributed by atoms with Crippen LogP contribution < -0.4 is 0 Å². The first-order chi connectivity index (χ1) is 17.1. The summed E-state index contributed by atoms with van der Waals surface area (Å²) in [5, 5.41) is 16.8. The standard InChI is InChI=1S/C26H22ClN7O/c1-32(26(35)20-11-7-12-23(14-20)34-18-28-30-31-34)15-22-17-33(16-21-10-5-6-13-24(21)27)29-25(22)19-8-3-2-4-9-19/h2-14,17-18H,15-16H2,1H3. The first kappa shape index (κ1) is 22.5. The predicted octanol–water partition coefficient (Wildman–Crippen LogP) is 4.50. The van der Waals surface area contributed by atoms with Crippen LogP contribution in [0.4, 0.5) is 0 Å². The average molecular weight is 484 g/mol. The lowest BCUT2D eigenvalue weighted by Crippen LogP contribution is -2.26. The zero-order chi connectivity index (χ0) is 24.2. The molecule has 1 amide bonds. The number of tetrazole rings is 1. The second-order valence-electron chi connectivity index (χ2n) is 8.12. The van der Waals surface area contributed by atoms with Crippen LogP contribution >= 0.6 is 11.6 Å². The van der Waals surface area contributed by atoms with Crippen molar-refractivity contribution >= 4 is 17.5 Å². The molecule has 0 atom stereocenters. The van der Waals surface area contributed by atoms with Crippen LogP contribution in [0.1, 0.15) is 21.5 Å². The largest absolute Gasteiger partial charge is 0.337 e. The van der Waals surface area contributed by atoms with Crippen molar-refractivity contribution in [3.05, 3.63) is 113 Å². The molecule has 0 N–H and O–H groups in total. The molecule has 0 saturated carbocycles. The first-order valence-corrected chi connectivity index (χ1v) is 11.4. The molecule has 3 aromatic carbocycles. The molecule has 0 aliphatic heterocycles. The van der Waals surface area contributed by atoms with Gasteiger partial charge < -0.3 is 4.90 Å². The number of rotatable bonds is 7. The minimum absolute atomic E-state index is 0.113. The van der Waals surface area contributed by atoms with Crippen molar-refractivity contribution in [2.75, 3.05) is 7.05 Å². The van der Waals surface area contributed by atoms with E-state index < -0.39 is 0 Å². The molecule has 0 bridgehead atoms. The Labute approximate surface area is 207 Å². The Balaban J connectivity index is 1.42. The predicted molar refractivity (Wildman–Crippen MR) is 133 cm³/mol. The summed E-state index contributed by atoms with van der Waals surface area (Å²) in [6.45, 7) is 0.922. The third kappa shape index (κ3) is 4.97. The van der Waals surface area contributed by atoms with Crippen molar-refractivity contribution in [2.24, 2.45) is 0 Å². The van der Waals surface area contributed by atoms with Crippen LogP contribution in [0.25, 0.3) is 16.9 Å². The van der Waals surface area contributed by atoms with Crippen LogP contribution in [-0.2, 0) is 13.1 Å². The van der Waals surface area contributed by atoms with Gasteiger partial charge in [-0.2, -0.15) is 5.10 Å². The summed E-state index contributed by atoms with van der Waals surface area (Å²) in [5.41, 5.74) is 5.00. The molecule has 5 rings (SSSR count). The van der Waals surface area contributed by atoms with Gasteiger partial charge in [0.15, 0.2) is 0 Å². The van der Waals surface area contributed by atoms with Crippen molar-refractivity contribution in [3.8, 4) is 16.9 Å². The number of nitrogens with zero attached hydrogens (tertiary/aromatic N) is 7. The SMILES string of the molecule is CN(Cc1cn(Cc2ccccc2Cl)nc1-c1ccccc1)C(=O)c1cccc(-n2cnnn2)c1. The molecule has 2 heterocycles. The van der Waals surface area contributed by atoms with Crippen LogP contribution in [0.3, 0.4) is 0 Å². The van der Waals surface area contributed by atoms with Gasteiger partial charge in [0.2, 0.25) is 0 Å². The molecule has 5 aromatic rings. The summed E-state index contributed by atoms with van der Waals surface area (Å²) in [4.78, 5) is 15.0. The Bertz CT molecular complexity index is 1450. The van der Waals surface area contributed by atoms with Gasteiger partial charge in [0.25, 0.3) is 5.91 Å². The summed E-state index contributed by atoms with van der Waals surface area (Å²) in [6, 6.07) is 24.9. The molecular weight excluding hydrogens is 462 g/mol. The highest BCUT2D eigenvalue weighted by Crippen LogP contribution is 2.25. The zero-order valence-electron chi connectivity index (χ0n) is 19.0. The fourth-order valence-electron chi connectivity index (χ4n) is 3.91. The van der Waals surface area contributed by atoms with E-state index in [1.165, 1.54) is 11.0 Å². The second-order valence-corrected chi connectivity index (χ2v) is 8.53. The van der Waals surface area contributed by atoms with Gasteiger partial charge in [0.05, 0.1) is 17.9 Å².